The monoisotopic (exact) mass is 270 g/mol. The van der Waals surface area contributed by atoms with Crippen LogP contribution in [0.3, 0.4) is 0 Å². The normalized spacial score (nSPS) is 27.3. The Hall–Kier alpha value is -0.160. The van der Waals surface area contributed by atoms with Crippen molar-refractivity contribution in [2.75, 3.05) is 32.9 Å². The second-order valence-corrected chi connectivity index (χ2v) is 5.95. The van der Waals surface area contributed by atoms with Crippen molar-refractivity contribution in [1.82, 2.24) is 10.6 Å². The van der Waals surface area contributed by atoms with Gasteiger partial charge in [0, 0.05) is 25.2 Å². The Labute approximate surface area is 117 Å². The maximum absolute atomic E-state index is 5.92. The Balaban J connectivity index is 1.47. The molecule has 2 fully saturated rings. The molecule has 1 heterocycles. The highest BCUT2D eigenvalue weighted by Gasteiger charge is 2.16. The van der Waals surface area contributed by atoms with Gasteiger partial charge in [-0.3, -0.25) is 0 Å². The van der Waals surface area contributed by atoms with Crippen LogP contribution < -0.4 is 10.6 Å². The minimum atomic E-state index is 0.510. The molecule has 2 atom stereocenters. The molecule has 0 aromatic carbocycles. The molecule has 2 aliphatic rings. The smallest absolute Gasteiger partial charge is 0.0620 e. The van der Waals surface area contributed by atoms with Crippen molar-refractivity contribution in [2.24, 2.45) is 0 Å². The van der Waals surface area contributed by atoms with Crippen LogP contribution in [0.4, 0.5) is 0 Å². The zero-order chi connectivity index (χ0) is 13.3. The third-order valence-corrected chi connectivity index (χ3v) is 4.14. The highest BCUT2D eigenvalue weighted by Crippen LogP contribution is 2.19. The summed E-state index contributed by atoms with van der Waals surface area (Å²) in [5.41, 5.74) is 0. The van der Waals surface area contributed by atoms with Crippen LogP contribution in [0.15, 0.2) is 0 Å². The lowest BCUT2D eigenvalue weighted by atomic mass is 9.98. The minimum absolute atomic E-state index is 0.510. The van der Waals surface area contributed by atoms with Crippen LogP contribution in [0.2, 0.25) is 0 Å². The molecule has 19 heavy (non-hydrogen) atoms. The lowest BCUT2D eigenvalue weighted by Gasteiger charge is -2.27. The summed E-state index contributed by atoms with van der Waals surface area (Å²) in [6.07, 6.45) is 8.27. The van der Waals surface area contributed by atoms with Crippen LogP contribution in [0.25, 0.3) is 0 Å². The number of hydrogen-bond donors (Lipinski definition) is 2. The zero-order valence-electron chi connectivity index (χ0n) is 12.3. The van der Waals surface area contributed by atoms with Crippen LogP contribution in [-0.4, -0.2) is 51.1 Å². The Morgan fingerprint density at radius 3 is 2.89 bits per heavy atom. The van der Waals surface area contributed by atoms with Gasteiger partial charge in [0.25, 0.3) is 0 Å². The van der Waals surface area contributed by atoms with Gasteiger partial charge >= 0.3 is 0 Å². The third kappa shape index (κ3) is 6.21. The first-order valence-electron chi connectivity index (χ1n) is 8.00. The summed E-state index contributed by atoms with van der Waals surface area (Å²) in [5.74, 6) is 0. The van der Waals surface area contributed by atoms with Crippen molar-refractivity contribution < 1.29 is 9.47 Å². The van der Waals surface area contributed by atoms with Crippen molar-refractivity contribution in [3.05, 3.63) is 0 Å². The van der Waals surface area contributed by atoms with E-state index < -0.39 is 0 Å². The quantitative estimate of drug-likeness (QED) is 0.691. The average Bonchev–Trinajstić information content (AvgIpc) is 2.46. The predicted octanol–water partition coefficient (Wildman–Crippen LogP) is 1.69. The molecule has 0 spiro atoms. The molecular weight excluding hydrogens is 240 g/mol. The van der Waals surface area contributed by atoms with E-state index >= 15 is 0 Å². The minimum Gasteiger partial charge on any atom is -0.379 e. The van der Waals surface area contributed by atoms with E-state index in [4.69, 9.17) is 9.47 Å². The standard InChI is InChI=1S/C15H30N2O2/c1-13(11-14-12-18-9-7-17-14)16-8-10-19-15-5-3-2-4-6-15/h13-17H,2-12H2,1H3. The van der Waals surface area contributed by atoms with Gasteiger partial charge in [0.05, 0.1) is 25.9 Å². The fourth-order valence-electron chi connectivity index (χ4n) is 3.04. The van der Waals surface area contributed by atoms with Crippen molar-refractivity contribution in [1.29, 1.82) is 0 Å². The summed E-state index contributed by atoms with van der Waals surface area (Å²) in [6, 6.07) is 1.03. The fraction of sp³-hybridized carbons (Fsp3) is 1.00. The van der Waals surface area contributed by atoms with E-state index in [1.165, 1.54) is 32.1 Å². The summed E-state index contributed by atoms with van der Waals surface area (Å²) in [7, 11) is 0. The van der Waals surface area contributed by atoms with Gasteiger partial charge in [0.1, 0.15) is 0 Å². The van der Waals surface area contributed by atoms with E-state index in [1.807, 2.05) is 0 Å². The fourth-order valence-corrected chi connectivity index (χ4v) is 3.04. The van der Waals surface area contributed by atoms with E-state index in [9.17, 15) is 0 Å². The first-order chi connectivity index (χ1) is 9.34. The SMILES string of the molecule is CC(CC1COCCN1)NCCOC1CCCCC1. The molecule has 2 unspecified atom stereocenters. The van der Waals surface area contributed by atoms with Crippen LogP contribution in [0.1, 0.15) is 45.4 Å². The Morgan fingerprint density at radius 1 is 1.32 bits per heavy atom. The molecule has 1 saturated heterocycles. The first-order valence-corrected chi connectivity index (χ1v) is 8.00. The van der Waals surface area contributed by atoms with Crippen LogP contribution in [0.5, 0.6) is 0 Å². The van der Waals surface area contributed by atoms with Gasteiger partial charge in [0.15, 0.2) is 0 Å². The topological polar surface area (TPSA) is 42.5 Å². The molecule has 4 heteroatoms. The van der Waals surface area contributed by atoms with E-state index in [-0.39, 0.29) is 0 Å². The molecule has 2 rings (SSSR count). The molecule has 112 valence electrons. The van der Waals surface area contributed by atoms with Crippen molar-refractivity contribution in [2.45, 2.75) is 63.6 Å². The second kappa shape index (κ2) is 8.90. The molecule has 0 amide bonds. The van der Waals surface area contributed by atoms with Crippen LogP contribution in [-0.2, 0) is 9.47 Å². The number of morpholine rings is 1. The maximum atomic E-state index is 5.92. The Morgan fingerprint density at radius 2 is 2.16 bits per heavy atom. The molecule has 4 nitrogen and oxygen atoms in total. The molecular formula is C15H30N2O2. The maximum Gasteiger partial charge on any atom is 0.0620 e. The molecule has 0 aromatic heterocycles. The first kappa shape index (κ1) is 15.2. The largest absolute Gasteiger partial charge is 0.379 e. The zero-order valence-corrected chi connectivity index (χ0v) is 12.3. The molecule has 1 saturated carbocycles. The lowest BCUT2D eigenvalue weighted by molar-refractivity contribution is 0.0287. The van der Waals surface area contributed by atoms with Crippen LogP contribution >= 0.6 is 0 Å². The Kier molecular flexibility index (Phi) is 7.14. The number of hydrogen-bond acceptors (Lipinski definition) is 4. The van der Waals surface area contributed by atoms with E-state index in [1.54, 1.807) is 0 Å². The van der Waals surface area contributed by atoms with Gasteiger partial charge in [-0.25, -0.2) is 0 Å². The summed E-state index contributed by atoms with van der Waals surface area (Å²) < 4.78 is 11.4. The third-order valence-electron chi connectivity index (χ3n) is 4.14. The van der Waals surface area contributed by atoms with Crippen molar-refractivity contribution in [3.8, 4) is 0 Å². The molecule has 1 aliphatic heterocycles. The number of nitrogens with one attached hydrogen (secondary N) is 2. The highest BCUT2D eigenvalue weighted by molar-refractivity contribution is 4.75. The highest BCUT2D eigenvalue weighted by atomic mass is 16.5. The van der Waals surface area contributed by atoms with E-state index in [2.05, 4.69) is 17.6 Å². The second-order valence-electron chi connectivity index (χ2n) is 5.95. The van der Waals surface area contributed by atoms with Crippen LogP contribution in [0, 0.1) is 0 Å². The summed E-state index contributed by atoms with van der Waals surface area (Å²) in [5, 5.41) is 7.04. The summed E-state index contributed by atoms with van der Waals surface area (Å²) in [6.45, 7) is 6.76. The van der Waals surface area contributed by atoms with Gasteiger partial charge in [0.2, 0.25) is 0 Å². The molecule has 2 N–H and O–H groups in total. The molecule has 0 bridgehead atoms. The van der Waals surface area contributed by atoms with Gasteiger partial charge in [-0.05, 0) is 26.2 Å². The lowest BCUT2D eigenvalue weighted by Crippen LogP contribution is -2.45. The van der Waals surface area contributed by atoms with E-state index in [0.717, 1.165) is 39.3 Å². The van der Waals surface area contributed by atoms with E-state index in [0.29, 0.717) is 18.2 Å². The molecule has 0 radical (unpaired) electrons. The van der Waals surface area contributed by atoms with Crippen molar-refractivity contribution in [3.63, 3.8) is 0 Å². The number of ether oxygens (including phenoxy) is 2. The van der Waals surface area contributed by atoms with Gasteiger partial charge in [-0.1, -0.05) is 19.3 Å². The van der Waals surface area contributed by atoms with Gasteiger partial charge in [-0.2, -0.15) is 0 Å². The van der Waals surface area contributed by atoms with Gasteiger partial charge in [-0.15, -0.1) is 0 Å². The Bertz CT molecular complexity index is 226. The van der Waals surface area contributed by atoms with Crippen molar-refractivity contribution >= 4 is 0 Å². The number of rotatable bonds is 7. The summed E-state index contributed by atoms with van der Waals surface area (Å²) in [4.78, 5) is 0. The average molecular weight is 270 g/mol. The summed E-state index contributed by atoms with van der Waals surface area (Å²) >= 11 is 0. The molecule has 1 aliphatic carbocycles. The molecule has 0 aromatic rings. The van der Waals surface area contributed by atoms with Gasteiger partial charge < -0.3 is 20.1 Å². The predicted molar refractivity (Wildman–Crippen MR) is 77.5 cm³/mol.